The first-order valence-electron chi connectivity index (χ1n) is 6.95. The Balaban J connectivity index is 2.39. The van der Waals surface area contributed by atoms with Crippen molar-refractivity contribution in [3.8, 4) is 5.75 Å². The zero-order valence-corrected chi connectivity index (χ0v) is 12.6. The second-order valence-electron chi connectivity index (χ2n) is 5.81. The van der Waals surface area contributed by atoms with Crippen LogP contribution in [0.5, 0.6) is 5.75 Å². The number of rotatable bonds is 4. The van der Waals surface area contributed by atoms with Gasteiger partial charge in [-0.3, -0.25) is 0 Å². The van der Waals surface area contributed by atoms with Crippen LogP contribution in [0.1, 0.15) is 37.5 Å². The van der Waals surface area contributed by atoms with Gasteiger partial charge in [0.2, 0.25) is 0 Å². The first kappa shape index (κ1) is 14.4. The van der Waals surface area contributed by atoms with Crippen LogP contribution < -0.4 is 4.74 Å². The van der Waals surface area contributed by atoms with Crippen LogP contribution in [0.25, 0.3) is 0 Å². The smallest absolute Gasteiger partial charge is 0.195 e. The predicted molar refractivity (Wildman–Crippen MR) is 75.5 cm³/mol. The van der Waals surface area contributed by atoms with E-state index in [1.165, 1.54) is 5.56 Å². The highest BCUT2D eigenvalue weighted by atomic mass is 16.7. The molecule has 0 aliphatic carbocycles. The van der Waals surface area contributed by atoms with Gasteiger partial charge in [0, 0.05) is 0 Å². The van der Waals surface area contributed by atoms with Crippen LogP contribution in [0.15, 0.2) is 12.1 Å². The van der Waals surface area contributed by atoms with Crippen molar-refractivity contribution in [1.29, 1.82) is 0 Å². The van der Waals surface area contributed by atoms with Gasteiger partial charge >= 0.3 is 0 Å². The molecule has 1 aromatic rings. The second kappa shape index (κ2) is 5.51. The maximum absolute atomic E-state index is 6.00. The SMILES string of the molecule is Cc1cc(C)c(OCC(C)C)c(C2(C)OCCO2)c1. The molecule has 3 nitrogen and oxygen atoms in total. The highest BCUT2D eigenvalue weighted by molar-refractivity contribution is 5.46. The minimum absolute atomic E-state index is 0.492. The van der Waals surface area contributed by atoms with Crippen LogP contribution in [0.2, 0.25) is 0 Å². The van der Waals surface area contributed by atoms with E-state index in [2.05, 4.69) is 39.8 Å². The molecule has 0 bridgehead atoms. The number of benzene rings is 1. The van der Waals surface area contributed by atoms with Crippen molar-refractivity contribution in [1.82, 2.24) is 0 Å². The Hall–Kier alpha value is -1.06. The summed E-state index contributed by atoms with van der Waals surface area (Å²) in [5, 5.41) is 0. The molecular weight excluding hydrogens is 240 g/mol. The average Bonchev–Trinajstić information content (AvgIpc) is 2.75. The summed E-state index contributed by atoms with van der Waals surface area (Å²) < 4.78 is 17.6. The van der Waals surface area contributed by atoms with Crippen LogP contribution in [0.3, 0.4) is 0 Å². The van der Waals surface area contributed by atoms with Crippen LogP contribution in [0, 0.1) is 19.8 Å². The quantitative estimate of drug-likeness (QED) is 0.832. The molecule has 19 heavy (non-hydrogen) atoms. The Labute approximate surface area is 115 Å². The third-order valence-electron chi connectivity index (χ3n) is 3.31. The van der Waals surface area contributed by atoms with E-state index in [4.69, 9.17) is 14.2 Å². The lowest BCUT2D eigenvalue weighted by Crippen LogP contribution is -2.24. The Morgan fingerprint density at radius 3 is 2.42 bits per heavy atom. The monoisotopic (exact) mass is 264 g/mol. The van der Waals surface area contributed by atoms with Gasteiger partial charge in [0.05, 0.1) is 25.4 Å². The molecule has 0 spiro atoms. The van der Waals surface area contributed by atoms with E-state index in [9.17, 15) is 0 Å². The summed E-state index contributed by atoms with van der Waals surface area (Å²) in [6, 6.07) is 4.24. The molecule has 0 unspecified atom stereocenters. The number of aryl methyl sites for hydroxylation is 2. The van der Waals surface area contributed by atoms with Crippen molar-refractivity contribution in [2.24, 2.45) is 5.92 Å². The third kappa shape index (κ3) is 3.10. The first-order chi connectivity index (χ1) is 8.92. The van der Waals surface area contributed by atoms with Gasteiger partial charge in [0.25, 0.3) is 0 Å². The van der Waals surface area contributed by atoms with Gasteiger partial charge in [-0.05, 0) is 38.3 Å². The number of ether oxygens (including phenoxy) is 3. The molecule has 106 valence electrons. The molecule has 1 aromatic carbocycles. The third-order valence-corrected chi connectivity index (χ3v) is 3.31. The standard InChI is InChI=1S/C16H24O3/c1-11(2)10-17-15-13(4)8-12(3)9-14(15)16(5)18-6-7-19-16/h8-9,11H,6-7,10H2,1-5H3. The van der Waals surface area contributed by atoms with Crippen molar-refractivity contribution in [3.63, 3.8) is 0 Å². The number of hydrogen-bond donors (Lipinski definition) is 0. The molecule has 1 heterocycles. The highest BCUT2D eigenvalue weighted by Crippen LogP contribution is 2.39. The molecule has 0 amide bonds. The van der Waals surface area contributed by atoms with Crippen LogP contribution >= 0.6 is 0 Å². The van der Waals surface area contributed by atoms with Crippen LogP contribution in [-0.4, -0.2) is 19.8 Å². The van der Waals surface area contributed by atoms with E-state index in [1.54, 1.807) is 0 Å². The van der Waals surface area contributed by atoms with Gasteiger partial charge in [-0.1, -0.05) is 25.5 Å². The van der Waals surface area contributed by atoms with Gasteiger partial charge in [-0.15, -0.1) is 0 Å². The summed E-state index contributed by atoms with van der Waals surface area (Å²) in [7, 11) is 0. The van der Waals surface area contributed by atoms with Crippen molar-refractivity contribution in [3.05, 3.63) is 28.8 Å². The van der Waals surface area contributed by atoms with Crippen molar-refractivity contribution in [2.75, 3.05) is 19.8 Å². The number of hydrogen-bond acceptors (Lipinski definition) is 3. The summed E-state index contributed by atoms with van der Waals surface area (Å²) in [6.07, 6.45) is 0. The second-order valence-corrected chi connectivity index (χ2v) is 5.81. The molecule has 0 aromatic heterocycles. The molecule has 0 saturated carbocycles. The van der Waals surface area contributed by atoms with Crippen LogP contribution in [-0.2, 0) is 15.3 Å². The Kier molecular flexibility index (Phi) is 4.16. The molecule has 0 N–H and O–H groups in total. The lowest BCUT2D eigenvalue weighted by atomic mass is 9.99. The fraction of sp³-hybridized carbons (Fsp3) is 0.625. The van der Waals surface area contributed by atoms with Gasteiger partial charge in [0.1, 0.15) is 5.75 Å². The van der Waals surface area contributed by atoms with Gasteiger partial charge in [-0.2, -0.15) is 0 Å². The Morgan fingerprint density at radius 2 is 1.84 bits per heavy atom. The molecule has 0 radical (unpaired) electrons. The van der Waals surface area contributed by atoms with E-state index in [1.807, 2.05) is 6.92 Å². The van der Waals surface area contributed by atoms with E-state index in [0.717, 1.165) is 16.9 Å². The maximum atomic E-state index is 6.00. The zero-order chi connectivity index (χ0) is 14.0. The minimum atomic E-state index is -0.677. The van der Waals surface area contributed by atoms with Crippen molar-refractivity contribution >= 4 is 0 Å². The predicted octanol–water partition coefficient (Wildman–Crippen LogP) is 3.56. The minimum Gasteiger partial charge on any atom is -0.493 e. The highest BCUT2D eigenvalue weighted by Gasteiger charge is 2.36. The molecule has 1 aliphatic heterocycles. The van der Waals surface area contributed by atoms with Gasteiger partial charge in [-0.25, -0.2) is 0 Å². The topological polar surface area (TPSA) is 27.7 Å². The Bertz CT molecular complexity index is 446. The van der Waals surface area contributed by atoms with E-state index in [0.29, 0.717) is 25.7 Å². The molecule has 3 heteroatoms. The first-order valence-corrected chi connectivity index (χ1v) is 6.95. The molecule has 1 aliphatic rings. The molecule has 1 saturated heterocycles. The summed E-state index contributed by atoms with van der Waals surface area (Å²) in [4.78, 5) is 0. The summed E-state index contributed by atoms with van der Waals surface area (Å²) >= 11 is 0. The van der Waals surface area contributed by atoms with Gasteiger partial charge in [0.15, 0.2) is 5.79 Å². The zero-order valence-electron chi connectivity index (χ0n) is 12.6. The molecule has 1 fully saturated rings. The molecule has 0 atom stereocenters. The van der Waals surface area contributed by atoms with Crippen molar-refractivity contribution in [2.45, 2.75) is 40.4 Å². The lowest BCUT2D eigenvalue weighted by Gasteiger charge is -2.27. The summed E-state index contributed by atoms with van der Waals surface area (Å²) in [5.41, 5.74) is 3.34. The summed E-state index contributed by atoms with van der Waals surface area (Å²) in [5.74, 6) is 0.721. The maximum Gasteiger partial charge on any atom is 0.195 e. The van der Waals surface area contributed by atoms with E-state index in [-0.39, 0.29) is 0 Å². The molecular formula is C16H24O3. The van der Waals surface area contributed by atoms with Gasteiger partial charge < -0.3 is 14.2 Å². The molecule has 2 rings (SSSR count). The van der Waals surface area contributed by atoms with E-state index >= 15 is 0 Å². The fourth-order valence-corrected chi connectivity index (χ4v) is 2.40. The van der Waals surface area contributed by atoms with Crippen molar-refractivity contribution < 1.29 is 14.2 Å². The Morgan fingerprint density at radius 1 is 1.21 bits per heavy atom. The van der Waals surface area contributed by atoms with E-state index < -0.39 is 5.79 Å². The van der Waals surface area contributed by atoms with Crippen LogP contribution in [0.4, 0.5) is 0 Å². The fourth-order valence-electron chi connectivity index (χ4n) is 2.40. The summed E-state index contributed by atoms with van der Waals surface area (Å²) in [6.45, 7) is 12.4. The largest absolute Gasteiger partial charge is 0.493 e. The average molecular weight is 264 g/mol. The normalized spacial score (nSPS) is 18.0. The lowest BCUT2D eigenvalue weighted by molar-refractivity contribution is -0.151.